The Bertz CT molecular complexity index is 734. The van der Waals surface area contributed by atoms with Gasteiger partial charge in [-0.3, -0.25) is 19.8 Å². The minimum atomic E-state index is -1.12. The number of carboxylic acid groups (broad SMARTS) is 1. The smallest absolute Gasteiger partial charge is 0.306 e. The molecule has 0 aliphatic rings. The zero-order chi connectivity index (χ0) is 19.5. The molecule has 9 nitrogen and oxygen atoms in total. The van der Waals surface area contributed by atoms with Crippen molar-refractivity contribution in [3.05, 3.63) is 29.8 Å². The lowest BCUT2D eigenvalue weighted by atomic mass is 10.2. The van der Waals surface area contributed by atoms with Crippen molar-refractivity contribution in [3.8, 4) is 12.0 Å². The lowest BCUT2D eigenvalue weighted by Crippen LogP contribution is -2.35. The monoisotopic (exact) mass is 360 g/mol. The highest BCUT2D eigenvalue weighted by molar-refractivity contribution is 5.96. The summed E-state index contributed by atoms with van der Waals surface area (Å²) in [6, 6.07) is 5.48. The van der Waals surface area contributed by atoms with Crippen LogP contribution in [0, 0.1) is 17.4 Å². The second-order valence-electron chi connectivity index (χ2n) is 5.21. The van der Waals surface area contributed by atoms with Gasteiger partial charge in [-0.1, -0.05) is 0 Å². The summed E-state index contributed by atoms with van der Waals surface area (Å²) in [6.45, 7) is 0. The third-order valence-electron chi connectivity index (χ3n) is 3.11. The fraction of sp³-hybridized carbons (Fsp3) is 0.294. The molecule has 0 fully saturated rings. The number of carbonyl (C=O) groups is 3. The number of hydrogen-bond donors (Lipinski definition) is 5. The third-order valence-corrected chi connectivity index (χ3v) is 3.11. The number of carbonyl (C=O) groups excluding carboxylic acids is 2. The molecule has 6 N–H and O–H groups in total. The van der Waals surface area contributed by atoms with Gasteiger partial charge in [0.05, 0.1) is 13.5 Å². The Morgan fingerprint density at radius 2 is 1.85 bits per heavy atom. The van der Waals surface area contributed by atoms with Gasteiger partial charge < -0.3 is 26.2 Å². The van der Waals surface area contributed by atoms with E-state index in [1.807, 2.05) is 0 Å². The zero-order valence-electron chi connectivity index (χ0n) is 14.2. The largest absolute Gasteiger partial charge is 0.481 e. The second-order valence-corrected chi connectivity index (χ2v) is 5.21. The fourth-order valence-corrected chi connectivity index (χ4v) is 1.89. The molecule has 0 aliphatic carbocycles. The average molecular weight is 360 g/mol. The third kappa shape index (κ3) is 7.83. The number of ether oxygens (including phenoxy) is 1. The molecule has 1 atom stereocenters. The van der Waals surface area contributed by atoms with Gasteiger partial charge in [0.2, 0.25) is 11.8 Å². The highest BCUT2D eigenvalue weighted by Crippen LogP contribution is 2.10. The minimum Gasteiger partial charge on any atom is -0.481 e. The van der Waals surface area contributed by atoms with E-state index in [9.17, 15) is 14.4 Å². The number of benzene rings is 1. The SMILES string of the molecule is COC#CC(CC(=O)O)NC(=O)CCC(=O)Nc1ccc(C(=N)N)cc1. The first-order chi connectivity index (χ1) is 12.3. The summed E-state index contributed by atoms with van der Waals surface area (Å²) in [5, 5.41) is 21.1. The van der Waals surface area contributed by atoms with Gasteiger partial charge in [0.15, 0.2) is 0 Å². The first-order valence-electron chi connectivity index (χ1n) is 7.60. The highest BCUT2D eigenvalue weighted by atomic mass is 16.5. The molecule has 0 spiro atoms. The van der Waals surface area contributed by atoms with Crippen LogP contribution in [0.15, 0.2) is 24.3 Å². The quantitative estimate of drug-likeness (QED) is 0.254. The predicted octanol–water partition coefficient (Wildman–Crippen LogP) is 0.256. The summed E-state index contributed by atoms with van der Waals surface area (Å²) in [5.74, 6) is 0.388. The Hall–Kier alpha value is -3.54. The number of methoxy groups -OCH3 is 1. The van der Waals surface area contributed by atoms with Crippen LogP contribution in [0.1, 0.15) is 24.8 Å². The maximum absolute atomic E-state index is 11.9. The van der Waals surface area contributed by atoms with Gasteiger partial charge in [-0.05, 0) is 30.2 Å². The summed E-state index contributed by atoms with van der Waals surface area (Å²) < 4.78 is 4.53. The van der Waals surface area contributed by atoms with Gasteiger partial charge >= 0.3 is 5.97 Å². The van der Waals surface area contributed by atoms with Crippen molar-refractivity contribution in [2.45, 2.75) is 25.3 Å². The Balaban J connectivity index is 2.48. The predicted molar refractivity (Wildman–Crippen MR) is 94.3 cm³/mol. The number of carboxylic acids is 1. The Morgan fingerprint density at radius 1 is 1.23 bits per heavy atom. The molecule has 0 radical (unpaired) electrons. The van der Waals surface area contributed by atoms with E-state index in [4.69, 9.17) is 16.2 Å². The van der Waals surface area contributed by atoms with Crippen LogP contribution < -0.4 is 16.4 Å². The molecule has 1 unspecified atom stereocenters. The lowest BCUT2D eigenvalue weighted by Gasteiger charge is -2.11. The summed E-state index contributed by atoms with van der Waals surface area (Å²) in [4.78, 5) is 34.5. The maximum Gasteiger partial charge on any atom is 0.306 e. The van der Waals surface area contributed by atoms with E-state index in [1.54, 1.807) is 24.3 Å². The van der Waals surface area contributed by atoms with E-state index in [0.29, 0.717) is 11.3 Å². The summed E-state index contributed by atoms with van der Waals surface area (Å²) in [5.41, 5.74) is 6.38. The topological polar surface area (TPSA) is 155 Å². The van der Waals surface area contributed by atoms with Crippen LogP contribution in [0.25, 0.3) is 0 Å². The number of amides is 2. The van der Waals surface area contributed by atoms with Crippen molar-refractivity contribution in [3.63, 3.8) is 0 Å². The van der Waals surface area contributed by atoms with E-state index in [2.05, 4.69) is 27.4 Å². The minimum absolute atomic E-state index is 0.0768. The van der Waals surface area contributed by atoms with Crippen molar-refractivity contribution in [2.75, 3.05) is 12.4 Å². The molecule has 1 aromatic rings. The molecule has 138 valence electrons. The zero-order valence-corrected chi connectivity index (χ0v) is 14.2. The van der Waals surface area contributed by atoms with Gasteiger partial charge in [0, 0.05) is 24.1 Å². The van der Waals surface area contributed by atoms with Crippen LogP contribution in [-0.2, 0) is 19.1 Å². The lowest BCUT2D eigenvalue weighted by molar-refractivity contribution is -0.137. The molecule has 0 aliphatic heterocycles. The van der Waals surface area contributed by atoms with Crippen LogP contribution in [-0.4, -0.2) is 41.9 Å². The van der Waals surface area contributed by atoms with Gasteiger partial charge in [0.1, 0.15) is 18.0 Å². The average Bonchev–Trinajstić information content (AvgIpc) is 2.58. The van der Waals surface area contributed by atoms with Gasteiger partial charge in [-0.15, -0.1) is 0 Å². The molecule has 0 saturated carbocycles. The molecule has 1 rings (SSSR count). The number of nitrogens with two attached hydrogens (primary N) is 1. The molecule has 9 heteroatoms. The Morgan fingerprint density at radius 3 is 2.38 bits per heavy atom. The summed E-state index contributed by atoms with van der Waals surface area (Å²) in [6.07, 6.45) is 1.65. The second kappa shape index (κ2) is 10.4. The molecular formula is C17H20N4O5. The number of anilines is 1. The number of amidine groups is 1. The summed E-state index contributed by atoms with van der Waals surface area (Å²) in [7, 11) is 1.32. The van der Waals surface area contributed by atoms with Crippen LogP contribution >= 0.6 is 0 Å². The van der Waals surface area contributed by atoms with E-state index in [0.717, 1.165) is 0 Å². The molecule has 0 aromatic heterocycles. The molecule has 0 bridgehead atoms. The first kappa shape index (κ1) is 20.5. The standard InChI is InChI=1S/C17H20N4O5/c1-26-9-8-13(10-16(24)25)21-15(23)7-6-14(22)20-12-4-2-11(3-5-12)17(18)19/h2-5,13H,6-7,10H2,1H3,(H3,18,19)(H,20,22)(H,21,23)(H,24,25). The number of nitrogen functional groups attached to an aromatic ring is 1. The van der Waals surface area contributed by atoms with E-state index >= 15 is 0 Å². The van der Waals surface area contributed by atoms with E-state index < -0.39 is 17.9 Å². The first-order valence-corrected chi connectivity index (χ1v) is 7.60. The highest BCUT2D eigenvalue weighted by Gasteiger charge is 2.15. The van der Waals surface area contributed by atoms with E-state index in [1.165, 1.54) is 7.11 Å². The molecule has 0 heterocycles. The van der Waals surface area contributed by atoms with E-state index in [-0.39, 0.29) is 31.0 Å². The van der Waals surface area contributed by atoms with Gasteiger partial charge in [-0.25, -0.2) is 0 Å². The van der Waals surface area contributed by atoms with Gasteiger partial charge in [-0.2, -0.15) is 0 Å². The Kier molecular flexibility index (Phi) is 8.16. The number of hydrogen-bond acceptors (Lipinski definition) is 5. The number of aliphatic carboxylic acids is 1. The molecule has 26 heavy (non-hydrogen) atoms. The summed E-state index contributed by atoms with van der Waals surface area (Å²) >= 11 is 0. The van der Waals surface area contributed by atoms with Crippen LogP contribution in [0.5, 0.6) is 0 Å². The molecule has 0 saturated heterocycles. The maximum atomic E-state index is 11.9. The normalized spacial score (nSPS) is 10.7. The van der Waals surface area contributed by atoms with Crippen molar-refractivity contribution >= 4 is 29.3 Å². The Labute approximate surface area is 150 Å². The van der Waals surface area contributed by atoms with Crippen LogP contribution in [0.2, 0.25) is 0 Å². The van der Waals surface area contributed by atoms with Crippen molar-refractivity contribution < 1.29 is 24.2 Å². The van der Waals surface area contributed by atoms with Crippen LogP contribution in [0.3, 0.4) is 0 Å². The number of nitrogens with one attached hydrogen (secondary N) is 3. The van der Waals surface area contributed by atoms with Crippen LogP contribution in [0.4, 0.5) is 5.69 Å². The molecule has 2 amide bonds. The number of rotatable bonds is 8. The van der Waals surface area contributed by atoms with Crippen molar-refractivity contribution in [2.24, 2.45) is 5.73 Å². The van der Waals surface area contributed by atoms with Crippen molar-refractivity contribution in [1.29, 1.82) is 5.41 Å². The molecular weight excluding hydrogens is 340 g/mol. The molecule has 1 aromatic carbocycles. The fourth-order valence-electron chi connectivity index (χ4n) is 1.89. The van der Waals surface area contributed by atoms with Gasteiger partial charge in [0.25, 0.3) is 0 Å². The van der Waals surface area contributed by atoms with Crippen molar-refractivity contribution in [1.82, 2.24) is 5.32 Å².